The molecule has 1 aromatic rings. The van der Waals surface area contributed by atoms with Crippen LogP contribution in [0.25, 0.3) is 0 Å². The average molecular weight is 240 g/mol. The molecule has 94 valence electrons. The lowest BCUT2D eigenvalue weighted by Crippen LogP contribution is -2.27. The monoisotopic (exact) mass is 240 g/mol. The van der Waals surface area contributed by atoms with Crippen molar-refractivity contribution < 1.29 is 0 Å². The van der Waals surface area contributed by atoms with E-state index < -0.39 is 0 Å². The molecule has 0 N–H and O–H groups in total. The normalized spacial score (nSPS) is 12.3. The molecule has 0 amide bonds. The maximum Gasteiger partial charge on any atom is 0.134 e. The molecule has 18 heavy (non-hydrogen) atoms. The number of rotatable bonds is 4. The number of likely N-dealkylation sites (N-methyl/N-ethyl adjacent to an activating group) is 1. The zero-order chi connectivity index (χ0) is 13.4. The molecular formula is C16H20N2. The highest BCUT2D eigenvalue weighted by Gasteiger charge is 2.09. The molecule has 1 rings (SSSR count). The molecule has 0 heterocycles. The molecule has 0 aromatic heterocycles. The van der Waals surface area contributed by atoms with Crippen LogP contribution in [-0.4, -0.2) is 19.9 Å². The van der Waals surface area contributed by atoms with Crippen LogP contribution in [0.4, 0.5) is 5.69 Å². The van der Waals surface area contributed by atoms with Gasteiger partial charge in [-0.1, -0.05) is 49.1 Å². The van der Waals surface area contributed by atoms with E-state index in [1.807, 2.05) is 73.5 Å². The minimum atomic E-state index is 0.863. The maximum absolute atomic E-state index is 4.31. The van der Waals surface area contributed by atoms with Gasteiger partial charge in [0.05, 0.1) is 0 Å². The van der Waals surface area contributed by atoms with Crippen molar-refractivity contribution in [3.8, 4) is 0 Å². The molecule has 0 unspecified atom stereocenters. The first-order valence-corrected chi connectivity index (χ1v) is 5.95. The fraction of sp³-hybridized carbons (Fsp3) is 0.188. The van der Waals surface area contributed by atoms with Crippen LogP contribution in [0.2, 0.25) is 0 Å². The van der Waals surface area contributed by atoms with E-state index in [1.54, 1.807) is 7.05 Å². The van der Waals surface area contributed by atoms with Crippen LogP contribution in [0.1, 0.15) is 6.92 Å². The van der Waals surface area contributed by atoms with Crippen molar-refractivity contribution in [2.45, 2.75) is 6.92 Å². The van der Waals surface area contributed by atoms with Crippen molar-refractivity contribution in [1.29, 1.82) is 0 Å². The first-order valence-electron chi connectivity index (χ1n) is 5.95. The van der Waals surface area contributed by atoms with E-state index in [4.69, 9.17) is 0 Å². The van der Waals surface area contributed by atoms with Gasteiger partial charge in [0.2, 0.25) is 0 Å². The van der Waals surface area contributed by atoms with Crippen LogP contribution >= 0.6 is 0 Å². The Morgan fingerprint density at radius 2 is 1.89 bits per heavy atom. The van der Waals surface area contributed by atoms with Crippen LogP contribution in [0, 0.1) is 0 Å². The van der Waals surface area contributed by atoms with E-state index >= 15 is 0 Å². The van der Waals surface area contributed by atoms with Crippen LogP contribution < -0.4 is 4.90 Å². The molecule has 0 bridgehead atoms. The Hall–Kier alpha value is -2.09. The summed E-state index contributed by atoms with van der Waals surface area (Å²) in [7, 11) is 3.77. The van der Waals surface area contributed by atoms with E-state index in [-0.39, 0.29) is 0 Å². The van der Waals surface area contributed by atoms with E-state index in [0.29, 0.717) is 0 Å². The molecule has 2 heteroatoms. The van der Waals surface area contributed by atoms with Crippen LogP contribution in [0.15, 0.2) is 71.8 Å². The number of anilines is 1. The lowest BCUT2D eigenvalue weighted by atomic mass is 10.2. The summed E-state index contributed by atoms with van der Waals surface area (Å²) in [6, 6.07) is 10.1. The zero-order valence-electron chi connectivity index (χ0n) is 11.3. The fourth-order valence-electron chi connectivity index (χ4n) is 1.64. The molecule has 0 saturated carbocycles. The number of aliphatic imine (C=N–C) groups is 1. The van der Waals surface area contributed by atoms with Gasteiger partial charge in [0.25, 0.3) is 0 Å². The minimum Gasteiger partial charge on any atom is -0.329 e. The van der Waals surface area contributed by atoms with Crippen LogP contribution in [0.3, 0.4) is 0 Å². The number of nitrogens with zero attached hydrogens (tertiary/aromatic N) is 2. The largest absolute Gasteiger partial charge is 0.329 e. The molecule has 0 radical (unpaired) electrons. The number of hydrogen-bond donors (Lipinski definition) is 0. The summed E-state index contributed by atoms with van der Waals surface area (Å²) in [5.41, 5.74) is 1.99. The van der Waals surface area contributed by atoms with E-state index in [0.717, 1.165) is 17.1 Å². The standard InChI is InChI=1S/C16H20N2/c1-5-6-8-11-14(2)16(17-3)18(4)15-12-9-7-10-13-15/h5-13H,2H2,1,3-4H3/b6-5-,11-8-,17-16?. The van der Waals surface area contributed by atoms with Gasteiger partial charge in [-0.2, -0.15) is 0 Å². The minimum absolute atomic E-state index is 0.863. The van der Waals surface area contributed by atoms with Gasteiger partial charge < -0.3 is 4.90 Å². The summed E-state index contributed by atoms with van der Waals surface area (Å²) in [5, 5.41) is 0. The molecule has 0 atom stereocenters. The predicted octanol–water partition coefficient (Wildman–Crippen LogP) is 3.84. The van der Waals surface area contributed by atoms with Crippen LogP contribution in [-0.2, 0) is 0 Å². The van der Waals surface area contributed by atoms with Crippen molar-refractivity contribution in [2.75, 3.05) is 19.0 Å². The quantitative estimate of drug-likeness (QED) is 0.443. The number of allylic oxidation sites excluding steroid dienone is 3. The highest BCUT2D eigenvalue weighted by atomic mass is 15.2. The van der Waals surface area contributed by atoms with Crippen molar-refractivity contribution in [1.82, 2.24) is 0 Å². The fourth-order valence-corrected chi connectivity index (χ4v) is 1.64. The van der Waals surface area contributed by atoms with Gasteiger partial charge in [0.15, 0.2) is 0 Å². The molecule has 0 spiro atoms. The number of hydrogen-bond acceptors (Lipinski definition) is 1. The lowest BCUT2D eigenvalue weighted by Gasteiger charge is -2.21. The summed E-state index contributed by atoms with van der Waals surface area (Å²) >= 11 is 0. The second-order valence-corrected chi connectivity index (χ2v) is 3.85. The second kappa shape index (κ2) is 7.28. The molecule has 0 saturated heterocycles. The van der Waals surface area contributed by atoms with Gasteiger partial charge in [-0.25, -0.2) is 0 Å². The van der Waals surface area contributed by atoms with E-state index in [9.17, 15) is 0 Å². The Bertz CT molecular complexity index is 467. The van der Waals surface area contributed by atoms with Gasteiger partial charge >= 0.3 is 0 Å². The molecule has 2 nitrogen and oxygen atoms in total. The van der Waals surface area contributed by atoms with Crippen LogP contribution in [0.5, 0.6) is 0 Å². The topological polar surface area (TPSA) is 15.6 Å². The third-order valence-electron chi connectivity index (χ3n) is 2.56. The molecular weight excluding hydrogens is 220 g/mol. The Morgan fingerprint density at radius 1 is 1.22 bits per heavy atom. The first-order chi connectivity index (χ1) is 8.70. The second-order valence-electron chi connectivity index (χ2n) is 3.85. The van der Waals surface area contributed by atoms with E-state index in [1.165, 1.54) is 0 Å². The number of para-hydroxylation sites is 1. The first kappa shape index (κ1) is 14.0. The molecule has 0 aliphatic heterocycles. The average Bonchev–Trinajstić information content (AvgIpc) is 2.41. The van der Waals surface area contributed by atoms with Crippen molar-refractivity contribution in [2.24, 2.45) is 4.99 Å². The highest BCUT2D eigenvalue weighted by molar-refractivity contribution is 6.10. The third kappa shape index (κ3) is 3.74. The molecule has 1 aromatic carbocycles. The number of benzene rings is 1. The number of amidine groups is 1. The molecule has 0 fully saturated rings. The predicted molar refractivity (Wildman–Crippen MR) is 81.3 cm³/mol. The van der Waals surface area contributed by atoms with E-state index in [2.05, 4.69) is 11.6 Å². The van der Waals surface area contributed by atoms with Gasteiger partial charge in [0.1, 0.15) is 5.84 Å². The molecule has 0 aliphatic carbocycles. The Balaban J connectivity index is 2.88. The molecule has 0 aliphatic rings. The summed E-state index contributed by atoms with van der Waals surface area (Å²) in [4.78, 5) is 6.34. The lowest BCUT2D eigenvalue weighted by molar-refractivity contribution is 1.23. The van der Waals surface area contributed by atoms with Crippen molar-refractivity contribution in [3.05, 3.63) is 66.8 Å². The zero-order valence-corrected chi connectivity index (χ0v) is 11.3. The Labute approximate surface area is 110 Å². The van der Waals surface area contributed by atoms with Crippen molar-refractivity contribution >= 4 is 11.5 Å². The Morgan fingerprint density at radius 3 is 2.44 bits per heavy atom. The van der Waals surface area contributed by atoms with Gasteiger partial charge in [-0.05, 0) is 19.1 Å². The third-order valence-corrected chi connectivity index (χ3v) is 2.56. The Kier molecular flexibility index (Phi) is 5.65. The summed E-state index contributed by atoms with van der Waals surface area (Å²) in [6.07, 6.45) is 7.88. The van der Waals surface area contributed by atoms with Gasteiger partial charge in [-0.3, -0.25) is 4.99 Å². The van der Waals surface area contributed by atoms with Gasteiger partial charge in [0, 0.05) is 25.4 Å². The smallest absolute Gasteiger partial charge is 0.134 e. The summed E-state index contributed by atoms with van der Waals surface area (Å²) < 4.78 is 0. The highest BCUT2D eigenvalue weighted by Crippen LogP contribution is 2.14. The van der Waals surface area contributed by atoms with Gasteiger partial charge in [-0.15, -0.1) is 0 Å². The summed E-state index contributed by atoms with van der Waals surface area (Å²) in [5.74, 6) is 0.863. The SMILES string of the molecule is C=C(/C=C\C=C/C)C(=NC)N(C)c1ccccc1. The maximum atomic E-state index is 4.31. The summed E-state index contributed by atoms with van der Waals surface area (Å²) in [6.45, 7) is 6.04. The van der Waals surface area contributed by atoms with Crippen molar-refractivity contribution in [3.63, 3.8) is 0 Å².